The number of H-pyrrole nitrogens is 1. The monoisotopic (exact) mass is 339 g/mol. The van der Waals surface area contributed by atoms with Gasteiger partial charge < -0.3 is 10.3 Å². The highest BCUT2D eigenvalue weighted by atomic mass is 35.5. The summed E-state index contributed by atoms with van der Waals surface area (Å²) < 4.78 is 0.782. The molecule has 0 aliphatic heterocycles. The molecule has 0 bridgehead atoms. The highest BCUT2D eigenvalue weighted by molar-refractivity contribution is 7.18. The third-order valence-electron chi connectivity index (χ3n) is 3.31. The number of nitrogens with zero attached hydrogens (tertiary/aromatic N) is 1. The molecule has 0 spiro atoms. The smallest absolute Gasteiger partial charge is 0.259 e. The molecular formula is C14H14ClN3OS2. The summed E-state index contributed by atoms with van der Waals surface area (Å²) in [5.41, 5.74) is 0.967. The van der Waals surface area contributed by atoms with E-state index in [1.54, 1.807) is 22.7 Å². The number of thiophene rings is 2. The minimum atomic E-state index is -0.0576. The SMILES string of the molecule is Cc1sc2nc(CNCc3ccc(Cl)s3)[nH]c(=O)c2c1C. The highest BCUT2D eigenvalue weighted by Crippen LogP contribution is 2.25. The zero-order valence-electron chi connectivity index (χ0n) is 11.6. The van der Waals surface area contributed by atoms with Crippen molar-refractivity contribution in [2.75, 3.05) is 0 Å². The van der Waals surface area contributed by atoms with Crippen LogP contribution in [-0.4, -0.2) is 9.97 Å². The second-order valence-electron chi connectivity index (χ2n) is 4.79. The van der Waals surface area contributed by atoms with Crippen LogP contribution in [0.25, 0.3) is 10.2 Å². The molecule has 7 heteroatoms. The molecule has 0 saturated heterocycles. The van der Waals surface area contributed by atoms with Gasteiger partial charge >= 0.3 is 0 Å². The minimum Gasteiger partial charge on any atom is -0.309 e. The number of aromatic amines is 1. The van der Waals surface area contributed by atoms with Crippen LogP contribution in [-0.2, 0) is 13.1 Å². The first-order chi connectivity index (χ1) is 10.0. The van der Waals surface area contributed by atoms with Crippen LogP contribution in [0.4, 0.5) is 0 Å². The van der Waals surface area contributed by atoms with E-state index in [0.717, 1.165) is 24.5 Å². The number of rotatable bonds is 4. The first-order valence-corrected chi connectivity index (χ1v) is 8.49. The van der Waals surface area contributed by atoms with Crippen molar-refractivity contribution in [2.45, 2.75) is 26.9 Å². The van der Waals surface area contributed by atoms with Crippen molar-refractivity contribution in [3.05, 3.63) is 48.0 Å². The molecule has 110 valence electrons. The van der Waals surface area contributed by atoms with E-state index in [1.807, 2.05) is 26.0 Å². The van der Waals surface area contributed by atoms with Crippen molar-refractivity contribution in [3.8, 4) is 0 Å². The van der Waals surface area contributed by atoms with Gasteiger partial charge in [0.2, 0.25) is 0 Å². The molecule has 3 aromatic heterocycles. The topological polar surface area (TPSA) is 57.8 Å². The maximum absolute atomic E-state index is 12.1. The van der Waals surface area contributed by atoms with Crippen LogP contribution in [0, 0.1) is 13.8 Å². The van der Waals surface area contributed by atoms with Gasteiger partial charge in [0.05, 0.1) is 16.3 Å². The Morgan fingerprint density at radius 2 is 2.10 bits per heavy atom. The Labute approximate surface area is 134 Å². The van der Waals surface area contributed by atoms with Gasteiger partial charge in [0.15, 0.2) is 0 Å². The molecule has 3 heterocycles. The lowest BCUT2D eigenvalue weighted by molar-refractivity contribution is 0.669. The van der Waals surface area contributed by atoms with Gasteiger partial charge in [-0.15, -0.1) is 22.7 Å². The molecule has 21 heavy (non-hydrogen) atoms. The van der Waals surface area contributed by atoms with E-state index < -0.39 is 0 Å². The fourth-order valence-electron chi connectivity index (χ4n) is 2.13. The summed E-state index contributed by atoms with van der Waals surface area (Å²) in [6, 6.07) is 3.87. The van der Waals surface area contributed by atoms with Crippen molar-refractivity contribution >= 4 is 44.5 Å². The maximum Gasteiger partial charge on any atom is 0.259 e. The minimum absolute atomic E-state index is 0.0576. The summed E-state index contributed by atoms with van der Waals surface area (Å²) in [5, 5.41) is 3.98. The first-order valence-electron chi connectivity index (χ1n) is 6.48. The third kappa shape index (κ3) is 3.03. The van der Waals surface area contributed by atoms with Crippen molar-refractivity contribution in [3.63, 3.8) is 0 Å². The first kappa shape index (κ1) is 14.7. The van der Waals surface area contributed by atoms with Crippen LogP contribution in [0.5, 0.6) is 0 Å². The summed E-state index contributed by atoms with van der Waals surface area (Å²) in [7, 11) is 0. The number of aryl methyl sites for hydroxylation is 2. The molecule has 0 unspecified atom stereocenters. The van der Waals surface area contributed by atoms with Crippen molar-refractivity contribution in [1.29, 1.82) is 0 Å². The predicted octanol–water partition coefficient (Wildman–Crippen LogP) is 3.61. The summed E-state index contributed by atoms with van der Waals surface area (Å²) in [6.45, 7) is 5.21. The van der Waals surface area contributed by atoms with Crippen LogP contribution in [0.3, 0.4) is 0 Å². The number of hydrogen-bond donors (Lipinski definition) is 2. The predicted molar refractivity (Wildman–Crippen MR) is 89.6 cm³/mol. The van der Waals surface area contributed by atoms with Gasteiger partial charge in [0, 0.05) is 16.3 Å². The van der Waals surface area contributed by atoms with E-state index in [4.69, 9.17) is 11.6 Å². The largest absolute Gasteiger partial charge is 0.309 e. The van der Waals surface area contributed by atoms with E-state index >= 15 is 0 Å². The second-order valence-corrected chi connectivity index (χ2v) is 7.79. The molecule has 0 amide bonds. The molecule has 0 saturated carbocycles. The average molecular weight is 340 g/mol. The van der Waals surface area contributed by atoms with E-state index in [1.165, 1.54) is 0 Å². The third-order valence-corrected chi connectivity index (χ3v) is 5.64. The van der Waals surface area contributed by atoms with E-state index in [0.29, 0.717) is 24.3 Å². The highest BCUT2D eigenvalue weighted by Gasteiger charge is 2.11. The van der Waals surface area contributed by atoms with E-state index in [2.05, 4.69) is 15.3 Å². The second kappa shape index (κ2) is 5.88. The Morgan fingerprint density at radius 3 is 2.81 bits per heavy atom. The Kier molecular flexibility index (Phi) is 4.12. The molecule has 0 aliphatic rings. The lowest BCUT2D eigenvalue weighted by Gasteiger charge is -2.03. The van der Waals surface area contributed by atoms with E-state index in [9.17, 15) is 4.79 Å². The number of fused-ring (bicyclic) bond motifs is 1. The maximum atomic E-state index is 12.1. The van der Waals surface area contributed by atoms with Crippen LogP contribution in [0.1, 0.15) is 21.1 Å². The molecule has 0 atom stereocenters. The number of halogens is 1. The Bertz CT molecular complexity index is 850. The molecule has 2 N–H and O–H groups in total. The zero-order valence-corrected chi connectivity index (χ0v) is 14.0. The number of aromatic nitrogens is 2. The average Bonchev–Trinajstić information content (AvgIpc) is 2.95. The normalized spacial score (nSPS) is 11.4. The lowest BCUT2D eigenvalue weighted by atomic mass is 10.2. The fraction of sp³-hybridized carbons (Fsp3) is 0.286. The summed E-state index contributed by atoms with van der Waals surface area (Å²) in [5.74, 6) is 0.663. The molecule has 3 rings (SSSR count). The van der Waals surface area contributed by atoms with Gasteiger partial charge in [0.1, 0.15) is 10.7 Å². The number of nitrogens with one attached hydrogen (secondary N) is 2. The van der Waals surface area contributed by atoms with Crippen LogP contribution < -0.4 is 10.9 Å². The zero-order chi connectivity index (χ0) is 15.0. The Morgan fingerprint density at radius 1 is 1.29 bits per heavy atom. The lowest BCUT2D eigenvalue weighted by Crippen LogP contribution is -2.18. The molecule has 0 fully saturated rings. The van der Waals surface area contributed by atoms with Gasteiger partial charge in [-0.25, -0.2) is 4.98 Å². The fourth-order valence-corrected chi connectivity index (χ4v) is 4.24. The van der Waals surface area contributed by atoms with Gasteiger partial charge in [-0.2, -0.15) is 0 Å². The molecule has 0 aliphatic carbocycles. The standard InChI is InChI=1S/C14H14ClN3OS2/c1-7-8(2)20-14-12(7)13(19)17-11(18-14)6-16-5-9-3-4-10(15)21-9/h3-4,16H,5-6H2,1-2H3,(H,17,18,19). The van der Waals surface area contributed by atoms with Gasteiger partial charge in [0.25, 0.3) is 5.56 Å². The molecule has 0 aromatic carbocycles. The van der Waals surface area contributed by atoms with Crippen LogP contribution >= 0.6 is 34.3 Å². The summed E-state index contributed by atoms with van der Waals surface area (Å²) >= 11 is 9.00. The summed E-state index contributed by atoms with van der Waals surface area (Å²) in [4.78, 5) is 22.6. The molecule has 4 nitrogen and oxygen atoms in total. The van der Waals surface area contributed by atoms with Crippen molar-refractivity contribution in [2.24, 2.45) is 0 Å². The molecular weight excluding hydrogens is 326 g/mol. The van der Waals surface area contributed by atoms with E-state index in [-0.39, 0.29) is 5.56 Å². The van der Waals surface area contributed by atoms with Gasteiger partial charge in [-0.3, -0.25) is 4.79 Å². The number of hydrogen-bond acceptors (Lipinski definition) is 5. The van der Waals surface area contributed by atoms with Crippen LogP contribution in [0.2, 0.25) is 4.34 Å². The van der Waals surface area contributed by atoms with Crippen LogP contribution in [0.15, 0.2) is 16.9 Å². The Hall–Kier alpha value is -1.21. The molecule has 0 radical (unpaired) electrons. The quantitative estimate of drug-likeness (QED) is 0.763. The summed E-state index contributed by atoms with van der Waals surface area (Å²) in [6.07, 6.45) is 0. The molecule has 3 aromatic rings. The Balaban J connectivity index is 1.77. The van der Waals surface area contributed by atoms with Gasteiger partial charge in [-0.05, 0) is 31.5 Å². The van der Waals surface area contributed by atoms with Gasteiger partial charge in [-0.1, -0.05) is 11.6 Å². The van der Waals surface area contributed by atoms with Crippen molar-refractivity contribution < 1.29 is 0 Å². The van der Waals surface area contributed by atoms with Crippen molar-refractivity contribution in [1.82, 2.24) is 15.3 Å².